The van der Waals surface area contributed by atoms with Gasteiger partial charge in [-0.2, -0.15) is 5.26 Å². The Morgan fingerprint density at radius 3 is 2.65 bits per heavy atom. The van der Waals surface area contributed by atoms with Crippen molar-refractivity contribution in [3.05, 3.63) is 76.7 Å². The first-order valence-electron chi connectivity index (χ1n) is 10.0. The lowest BCUT2D eigenvalue weighted by atomic mass is 9.92. The van der Waals surface area contributed by atoms with Gasteiger partial charge in [-0.05, 0) is 24.6 Å². The van der Waals surface area contributed by atoms with Gasteiger partial charge in [-0.25, -0.2) is 0 Å². The number of carbonyl (C=O) groups is 1. The number of nitriles is 1. The van der Waals surface area contributed by atoms with E-state index in [1.54, 1.807) is 19.2 Å². The number of aryl methyl sites for hydroxylation is 1. The van der Waals surface area contributed by atoms with Crippen molar-refractivity contribution in [2.24, 2.45) is 4.99 Å². The Balaban J connectivity index is 1.81. The van der Waals surface area contributed by atoms with E-state index in [4.69, 9.17) is 19.5 Å². The molecule has 0 unspecified atom stereocenters. The maximum Gasteiger partial charge on any atom is 0.222 e. The average molecular weight is 414 g/mol. The van der Waals surface area contributed by atoms with Crippen LogP contribution in [0.15, 0.2) is 58.0 Å². The molecule has 0 aliphatic carbocycles. The van der Waals surface area contributed by atoms with Gasteiger partial charge in [0.2, 0.25) is 5.91 Å². The molecule has 2 aromatic carbocycles. The first kappa shape index (κ1) is 20.5. The number of amides is 1. The van der Waals surface area contributed by atoms with Gasteiger partial charge in [-0.15, -0.1) is 0 Å². The molecular weight excluding hydrogens is 392 g/mol. The van der Waals surface area contributed by atoms with Crippen LogP contribution in [0.4, 0.5) is 0 Å². The van der Waals surface area contributed by atoms with Crippen LogP contribution in [-0.2, 0) is 9.53 Å². The molecule has 31 heavy (non-hydrogen) atoms. The number of methoxy groups -OCH3 is 1. The van der Waals surface area contributed by atoms with Crippen LogP contribution in [-0.4, -0.2) is 37.0 Å². The lowest BCUT2D eigenvalue weighted by Crippen LogP contribution is -2.28. The summed E-state index contributed by atoms with van der Waals surface area (Å²) in [5, 5.41) is 16.1. The summed E-state index contributed by atoms with van der Waals surface area (Å²) in [5.74, 6) is 0.437. The molecule has 0 fully saturated rings. The molecule has 0 saturated carbocycles. The molecule has 156 valence electrons. The van der Waals surface area contributed by atoms with Crippen LogP contribution < -0.4 is 5.32 Å². The maximum absolute atomic E-state index is 12.6. The molecule has 0 bridgehead atoms. The molecular formula is C24H22N4O3. The molecule has 7 nitrogen and oxygen atoms in total. The first-order valence-corrected chi connectivity index (χ1v) is 10.0. The van der Waals surface area contributed by atoms with Gasteiger partial charge >= 0.3 is 0 Å². The Labute approximate surface area is 180 Å². The van der Waals surface area contributed by atoms with Gasteiger partial charge < -0.3 is 14.6 Å². The number of benzene rings is 2. The van der Waals surface area contributed by atoms with Crippen LogP contribution in [0.25, 0.3) is 11.1 Å². The Morgan fingerprint density at radius 2 is 1.94 bits per heavy atom. The minimum Gasteiger partial charge on any atom is -0.383 e. The van der Waals surface area contributed by atoms with Gasteiger partial charge in [0.1, 0.15) is 6.04 Å². The molecule has 7 heteroatoms. The molecule has 0 saturated heterocycles. The predicted molar refractivity (Wildman–Crippen MR) is 116 cm³/mol. The number of hydrogen-bond acceptors (Lipinski definition) is 6. The number of fused-ring (bicyclic) bond motifs is 3. The summed E-state index contributed by atoms with van der Waals surface area (Å²) in [4.78, 5) is 17.6. The lowest BCUT2D eigenvalue weighted by molar-refractivity contribution is -0.121. The highest BCUT2D eigenvalue weighted by molar-refractivity contribution is 6.17. The van der Waals surface area contributed by atoms with Crippen LogP contribution >= 0.6 is 0 Å². The van der Waals surface area contributed by atoms with Crippen LogP contribution in [0, 0.1) is 18.3 Å². The van der Waals surface area contributed by atoms with E-state index in [1.165, 1.54) is 0 Å². The normalized spacial score (nSPS) is 14.6. The van der Waals surface area contributed by atoms with E-state index in [0.717, 1.165) is 33.7 Å². The van der Waals surface area contributed by atoms with Crippen molar-refractivity contribution >= 4 is 11.6 Å². The van der Waals surface area contributed by atoms with E-state index < -0.39 is 6.04 Å². The van der Waals surface area contributed by atoms with Gasteiger partial charge in [0.15, 0.2) is 5.76 Å². The smallest absolute Gasteiger partial charge is 0.222 e. The second kappa shape index (κ2) is 8.94. The third-order valence-electron chi connectivity index (χ3n) is 5.22. The second-order valence-corrected chi connectivity index (χ2v) is 7.28. The third kappa shape index (κ3) is 4.11. The van der Waals surface area contributed by atoms with Crippen molar-refractivity contribution in [3.8, 4) is 17.2 Å². The second-order valence-electron chi connectivity index (χ2n) is 7.28. The van der Waals surface area contributed by atoms with Crippen molar-refractivity contribution in [1.29, 1.82) is 5.26 Å². The Bertz CT molecular complexity index is 1170. The summed E-state index contributed by atoms with van der Waals surface area (Å²) < 4.78 is 10.7. The summed E-state index contributed by atoms with van der Waals surface area (Å²) in [6.07, 6.45) is 0.124. The van der Waals surface area contributed by atoms with Gasteiger partial charge in [-0.3, -0.25) is 9.79 Å². The van der Waals surface area contributed by atoms with Crippen molar-refractivity contribution in [3.63, 3.8) is 0 Å². The fraction of sp³-hybridized carbons (Fsp3) is 0.250. The monoisotopic (exact) mass is 414 g/mol. The Kier molecular flexibility index (Phi) is 5.92. The van der Waals surface area contributed by atoms with E-state index in [1.807, 2.05) is 43.3 Å². The lowest BCUT2D eigenvalue weighted by Gasteiger charge is -2.12. The molecule has 4 rings (SSSR count). The fourth-order valence-electron chi connectivity index (χ4n) is 3.75. The maximum atomic E-state index is 12.6. The molecule has 1 aliphatic rings. The highest BCUT2D eigenvalue weighted by atomic mass is 16.5. The predicted octanol–water partition coefficient (Wildman–Crippen LogP) is 3.57. The number of carbonyl (C=O) groups excluding carboxylic acids is 1. The van der Waals surface area contributed by atoms with Gasteiger partial charge in [0, 0.05) is 24.8 Å². The van der Waals surface area contributed by atoms with E-state index >= 15 is 0 Å². The molecule has 0 radical (unpaired) electrons. The Morgan fingerprint density at radius 1 is 1.19 bits per heavy atom. The van der Waals surface area contributed by atoms with Crippen molar-refractivity contribution in [2.45, 2.75) is 19.4 Å². The molecule has 0 spiro atoms. The summed E-state index contributed by atoms with van der Waals surface area (Å²) in [6.45, 7) is 2.76. The zero-order valence-electron chi connectivity index (χ0n) is 17.4. The van der Waals surface area contributed by atoms with E-state index in [2.05, 4.69) is 16.5 Å². The van der Waals surface area contributed by atoms with Crippen LogP contribution in [0.2, 0.25) is 0 Å². The summed E-state index contributed by atoms with van der Waals surface area (Å²) in [6, 6.07) is 16.8. The quantitative estimate of drug-likeness (QED) is 0.622. The number of aliphatic imine (C=N–C) groups is 1. The van der Waals surface area contributed by atoms with Crippen molar-refractivity contribution in [1.82, 2.24) is 10.5 Å². The number of ether oxygens (including phenoxy) is 1. The molecule has 1 aliphatic heterocycles. The SMILES string of the molecule is COCCNC(=O)C[C@@H]1N=C(c2ccc(C#N)cc2)c2ccccc2-c2c(C)noc21. The molecule has 1 N–H and O–H groups in total. The first-order chi connectivity index (χ1) is 15.1. The fourth-order valence-corrected chi connectivity index (χ4v) is 3.75. The van der Waals surface area contributed by atoms with E-state index in [0.29, 0.717) is 24.5 Å². The Hall–Kier alpha value is -3.76. The van der Waals surface area contributed by atoms with Crippen molar-refractivity contribution < 1.29 is 14.1 Å². The van der Waals surface area contributed by atoms with E-state index in [-0.39, 0.29) is 12.3 Å². The number of nitrogens with zero attached hydrogens (tertiary/aromatic N) is 3. The number of rotatable bonds is 6. The zero-order chi connectivity index (χ0) is 21.8. The van der Waals surface area contributed by atoms with Crippen molar-refractivity contribution in [2.75, 3.05) is 20.3 Å². The number of nitrogens with one attached hydrogen (secondary N) is 1. The van der Waals surface area contributed by atoms with Crippen LogP contribution in [0.3, 0.4) is 0 Å². The molecule has 2 heterocycles. The topological polar surface area (TPSA) is 101 Å². The average Bonchev–Trinajstić information content (AvgIpc) is 3.11. The highest BCUT2D eigenvalue weighted by Gasteiger charge is 2.31. The largest absolute Gasteiger partial charge is 0.383 e. The summed E-state index contributed by atoms with van der Waals surface area (Å²) in [5.41, 5.74) is 5.71. The van der Waals surface area contributed by atoms with E-state index in [9.17, 15) is 4.79 Å². The molecule has 1 atom stereocenters. The van der Waals surface area contributed by atoms with Crippen LogP contribution in [0.1, 0.15) is 40.6 Å². The minimum absolute atomic E-state index is 0.124. The van der Waals surface area contributed by atoms with Gasteiger partial charge in [-0.1, -0.05) is 41.6 Å². The van der Waals surface area contributed by atoms with Crippen LogP contribution in [0.5, 0.6) is 0 Å². The molecule has 3 aromatic rings. The summed E-state index contributed by atoms with van der Waals surface area (Å²) in [7, 11) is 1.59. The third-order valence-corrected chi connectivity index (χ3v) is 5.22. The summed E-state index contributed by atoms with van der Waals surface area (Å²) >= 11 is 0. The minimum atomic E-state index is -0.531. The molecule has 1 aromatic heterocycles. The highest BCUT2D eigenvalue weighted by Crippen LogP contribution is 2.40. The van der Waals surface area contributed by atoms with Gasteiger partial charge in [0.25, 0.3) is 0 Å². The van der Waals surface area contributed by atoms with Gasteiger partial charge in [0.05, 0.1) is 41.6 Å². The molecule has 1 amide bonds. The standard InChI is InChI=1S/C24H22N4O3/c1-15-22-18-5-3-4-6-19(18)23(17-9-7-16(14-25)8-10-17)27-20(24(22)31-28-15)13-21(29)26-11-12-30-2/h3-10,20H,11-13H2,1-2H3,(H,26,29)/t20-/m0/s1. The number of aromatic nitrogens is 1. The number of hydrogen-bond donors (Lipinski definition) is 1. The zero-order valence-corrected chi connectivity index (χ0v) is 17.4.